The van der Waals surface area contributed by atoms with Crippen molar-refractivity contribution in [1.29, 1.82) is 0 Å². The number of carboxylic acid groups (broad SMARTS) is 1. The van der Waals surface area contributed by atoms with Crippen LogP contribution in [0, 0.1) is 6.92 Å². The van der Waals surface area contributed by atoms with Gasteiger partial charge in [0.05, 0.1) is 5.56 Å². The van der Waals surface area contributed by atoms with Gasteiger partial charge in [0.2, 0.25) is 0 Å². The van der Waals surface area contributed by atoms with E-state index < -0.39 is 30.2 Å². The second-order valence-electron chi connectivity index (χ2n) is 5.19. The number of carbonyl (C=O) groups excluding carboxylic acids is 1. The summed E-state index contributed by atoms with van der Waals surface area (Å²) in [6.07, 6.45) is -4.46. The minimum atomic E-state index is -4.46. The van der Waals surface area contributed by atoms with Crippen molar-refractivity contribution >= 4 is 11.9 Å². The molecule has 0 fully saturated rings. The van der Waals surface area contributed by atoms with Crippen LogP contribution in [0.4, 0.5) is 13.2 Å². The van der Waals surface area contributed by atoms with Gasteiger partial charge in [0, 0.05) is 12.2 Å². The summed E-state index contributed by atoms with van der Waals surface area (Å²) in [6.45, 7) is 0.947. The predicted octanol–water partition coefficient (Wildman–Crippen LogP) is 2.46. The van der Waals surface area contributed by atoms with E-state index in [1.165, 1.54) is 18.2 Å². The minimum absolute atomic E-state index is 0.0423. The number of aliphatic carboxylic acids is 1. The fourth-order valence-corrected chi connectivity index (χ4v) is 2.07. The van der Waals surface area contributed by atoms with E-state index in [0.717, 1.165) is 17.0 Å². The molecule has 2 N–H and O–H groups in total. The lowest BCUT2D eigenvalue weighted by Crippen LogP contribution is -2.35. The molecule has 0 radical (unpaired) electrons. The number of amides is 1. The van der Waals surface area contributed by atoms with E-state index in [2.05, 4.69) is 10.2 Å². The molecule has 0 unspecified atom stereocenters. The number of carboxylic acids is 1. The van der Waals surface area contributed by atoms with Crippen molar-refractivity contribution in [3.8, 4) is 0 Å². The van der Waals surface area contributed by atoms with Crippen LogP contribution in [0.3, 0.4) is 0 Å². The minimum Gasteiger partial charge on any atom is -0.480 e. The number of H-pyrrole nitrogens is 1. The fourth-order valence-electron chi connectivity index (χ4n) is 2.07. The molecular weight excluding hydrogens is 327 g/mol. The summed E-state index contributed by atoms with van der Waals surface area (Å²) < 4.78 is 37.7. The first-order chi connectivity index (χ1) is 11.2. The van der Waals surface area contributed by atoms with E-state index in [-0.39, 0.29) is 12.2 Å². The fraction of sp³-hybridized carbons (Fsp3) is 0.267. The van der Waals surface area contributed by atoms with Crippen molar-refractivity contribution in [3.05, 3.63) is 52.8 Å². The number of hydrogen-bond donors (Lipinski definition) is 2. The zero-order valence-corrected chi connectivity index (χ0v) is 12.6. The summed E-state index contributed by atoms with van der Waals surface area (Å²) in [5.74, 6) is -1.86. The molecule has 0 saturated carbocycles. The molecule has 1 aromatic carbocycles. The normalized spacial score (nSPS) is 11.3. The van der Waals surface area contributed by atoms with Gasteiger partial charge in [-0.1, -0.05) is 12.1 Å². The Hall–Kier alpha value is -2.84. The second-order valence-corrected chi connectivity index (χ2v) is 5.19. The number of carbonyl (C=O) groups is 2. The van der Waals surface area contributed by atoms with Crippen LogP contribution in [-0.4, -0.2) is 38.6 Å². The van der Waals surface area contributed by atoms with Crippen molar-refractivity contribution in [1.82, 2.24) is 15.1 Å². The Morgan fingerprint density at radius 2 is 1.88 bits per heavy atom. The first kappa shape index (κ1) is 17.5. The molecule has 128 valence electrons. The lowest BCUT2D eigenvalue weighted by atomic mass is 10.1. The number of aryl methyl sites for hydroxylation is 1. The van der Waals surface area contributed by atoms with Crippen LogP contribution in [0.15, 0.2) is 30.3 Å². The Labute approximate surface area is 134 Å². The van der Waals surface area contributed by atoms with Crippen LogP contribution in [0.1, 0.15) is 27.3 Å². The largest absolute Gasteiger partial charge is 0.480 e. The van der Waals surface area contributed by atoms with Crippen LogP contribution in [0.25, 0.3) is 0 Å². The van der Waals surface area contributed by atoms with Crippen LogP contribution in [-0.2, 0) is 17.5 Å². The van der Waals surface area contributed by atoms with Crippen LogP contribution in [0.2, 0.25) is 0 Å². The third kappa shape index (κ3) is 4.34. The maximum atomic E-state index is 12.6. The standard InChI is InChI=1S/C15H14F3N3O3/c1-9-6-12(20-19-9)14(24)21(8-13(22)23)7-10-2-4-11(5-3-10)15(16,17)18/h2-6H,7-8H2,1H3,(H,19,20)(H,22,23). The molecule has 0 aliphatic rings. The van der Waals surface area contributed by atoms with Gasteiger partial charge in [0.15, 0.2) is 0 Å². The molecule has 9 heteroatoms. The molecule has 24 heavy (non-hydrogen) atoms. The van der Waals surface area contributed by atoms with E-state index in [9.17, 15) is 22.8 Å². The topological polar surface area (TPSA) is 86.3 Å². The number of aromatic amines is 1. The third-order valence-corrected chi connectivity index (χ3v) is 3.19. The van der Waals surface area contributed by atoms with E-state index >= 15 is 0 Å². The maximum absolute atomic E-state index is 12.6. The Bertz CT molecular complexity index is 738. The monoisotopic (exact) mass is 341 g/mol. The molecule has 0 saturated heterocycles. The first-order valence-corrected chi connectivity index (χ1v) is 6.86. The summed E-state index contributed by atoms with van der Waals surface area (Å²) in [5.41, 5.74) is 0.235. The average molecular weight is 341 g/mol. The summed E-state index contributed by atoms with van der Waals surface area (Å²) >= 11 is 0. The quantitative estimate of drug-likeness (QED) is 0.875. The van der Waals surface area contributed by atoms with Gasteiger partial charge < -0.3 is 10.0 Å². The molecule has 0 aliphatic carbocycles. The molecule has 0 aliphatic heterocycles. The number of rotatable bonds is 5. The van der Waals surface area contributed by atoms with Gasteiger partial charge in [-0.25, -0.2) is 0 Å². The van der Waals surface area contributed by atoms with Crippen LogP contribution >= 0.6 is 0 Å². The molecule has 0 atom stereocenters. The molecular formula is C15H14F3N3O3. The maximum Gasteiger partial charge on any atom is 0.416 e. The van der Waals surface area contributed by atoms with Gasteiger partial charge >= 0.3 is 12.1 Å². The van der Waals surface area contributed by atoms with Crippen molar-refractivity contribution < 1.29 is 27.9 Å². The first-order valence-electron chi connectivity index (χ1n) is 6.86. The zero-order chi connectivity index (χ0) is 17.9. The highest BCUT2D eigenvalue weighted by atomic mass is 19.4. The van der Waals surface area contributed by atoms with Gasteiger partial charge in [0.1, 0.15) is 12.2 Å². The molecule has 1 aromatic heterocycles. The zero-order valence-electron chi connectivity index (χ0n) is 12.6. The molecule has 1 heterocycles. The van der Waals surface area contributed by atoms with E-state index in [4.69, 9.17) is 5.11 Å². The number of hydrogen-bond acceptors (Lipinski definition) is 3. The Balaban J connectivity index is 2.19. The van der Waals surface area contributed by atoms with E-state index in [0.29, 0.717) is 11.3 Å². The Morgan fingerprint density at radius 3 is 2.33 bits per heavy atom. The SMILES string of the molecule is Cc1cc(C(=O)N(CC(=O)O)Cc2ccc(C(F)(F)F)cc2)n[nH]1. The summed E-state index contributed by atoms with van der Waals surface area (Å²) in [7, 11) is 0. The number of benzene rings is 1. The molecule has 0 spiro atoms. The Kier molecular flexibility index (Phi) is 4.91. The summed E-state index contributed by atoms with van der Waals surface area (Å²) in [6, 6.07) is 5.65. The molecule has 2 aromatic rings. The second kappa shape index (κ2) is 6.73. The number of nitrogens with zero attached hydrogens (tertiary/aromatic N) is 2. The summed E-state index contributed by atoms with van der Waals surface area (Å²) in [5, 5.41) is 15.3. The molecule has 0 bridgehead atoms. The average Bonchev–Trinajstić information content (AvgIpc) is 2.91. The smallest absolute Gasteiger partial charge is 0.416 e. The molecule has 6 nitrogen and oxygen atoms in total. The van der Waals surface area contributed by atoms with Crippen molar-refractivity contribution in [2.24, 2.45) is 0 Å². The van der Waals surface area contributed by atoms with Gasteiger partial charge in [-0.05, 0) is 30.7 Å². The lowest BCUT2D eigenvalue weighted by Gasteiger charge is -2.20. The highest BCUT2D eigenvalue weighted by Gasteiger charge is 2.30. The van der Waals surface area contributed by atoms with Gasteiger partial charge in [-0.15, -0.1) is 0 Å². The van der Waals surface area contributed by atoms with Gasteiger partial charge in [-0.3, -0.25) is 14.7 Å². The van der Waals surface area contributed by atoms with Gasteiger partial charge in [-0.2, -0.15) is 18.3 Å². The molecule has 2 rings (SSSR count). The van der Waals surface area contributed by atoms with Crippen molar-refractivity contribution in [2.75, 3.05) is 6.54 Å². The number of halogens is 3. The molecule has 1 amide bonds. The number of aromatic nitrogens is 2. The van der Waals surface area contributed by atoms with Crippen LogP contribution < -0.4 is 0 Å². The highest BCUT2D eigenvalue weighted by Crippen LogP contribution is 2.29. The van der Waals surface area contributed by atoms with E-state index in [1.807, 2.05) is 0 Å². The lowest BCUT2D eigenvalue weighted by molar-refractivity contribution is -0.138. The number of nitrogens with one attached hydrogen (secondary N) is 1. The van der Waals surface area contributed by atoms with Crippen molar-refractivity contribution in [3.63, 3.8) is 0 Å². The summed E-state index contributed by atoms with van der Waals surface area (Å²) in [4.78, 5) is 24.3. The Morgan fingerprint density at radius 1 is 1.25 bits per heavy atom. The number of alkyl halides is 3. The predicted molar refractivity (Wildman–Crippen MR) is 77.1 cm³/mol. The third-order valence-electron chi connectivity index (χ3n) is 3.19. The van der Waals surface area contributed by atoms with E-state index in [1.54, 1.807) is 6.92 Å². The highest BCUT2D eigenvalue weighted by molar-refractivity contribution is 5.94. The van der Waals surface area contributed by atoms with Crippen LogP contribution in [0.5, 0.6) is 0 Å². The van der Waals surface area contributed by atoms with Gasteiger partial charge in [0.25, 0.3) is 5.91 Å². The van der Waals surface area contributed by atoms with Crippen molar-refractivity contribution in [2.45, 2.75) is 19.6 Å².